The Morgan fingerprint density at radius 2 is 1.79 bits per heavy atom. The summed E-state index contributed by atoms with van der Waals surface area (Å²) in [6, 6.07) is 0. The van der Waals surface area contributed by atoms with Gasteiger partial charge >= 0.3 is 6.09 Å². The fraction of sp³-hybridized carbons (Fsp3) is 0.786. The van der Waals surface area contributed by atoms with Crippen LogP contribution in [0.2, 0.25) is 0 Å². The topological polar surface area (TPSA) is 78.8 Å². The summed E-state index contributed by atoms with van der Waals surface area (Å²) in [7, 11) is 0. The third-order valence-corrected chi connectivity index (χ3v) is 2.92. The molecule has 5 heteroatoms. The lowest BCUT2D eigenvalue weighted by atomic mass is 9.93. The molecule has 0 aromatic heterocycles. The second-order valence-electron chi connectivity index (χ2n) is 6.29. The van der Waals surface area contributed by atoms with E-state index in [-0.39, 0.29) is 17.9 Å². The number of allylic oxidation sites excluding steroid dienone is 1. The number of hydrogen-bond acceptors (Lipinski definition) is 4. The molecule has 0 aromatic carbocycles. The van der Waals surface area contributed by atoms with Crippen LogP contribution in [0.15, 0.2) is 12.2 Å². The van der Waals surface area contributed by atoms with E-state index in [0.29, 0.717) is 6.42 Å². The van der Waals surface area contributed by atoms with Crippen molar-refractivity contribution in [2.45, 2.75) is 64.4 Å². The average Bonchev–Trinajstić information content (AvgIpc) is 2.21. The second kappa shape index (κ2) is 6.39. The molecule has 0 radical (unpaired) electrons. The molecule has 19 heavy (non-hydrogen) atoms. The van der Waals surface area contributed by atoms with E-state index in [4.69, 9.17) is 4.74 Å². The van der Waals surface area contributed by atoms with Crippen LogP contribution in [0.25, 0.3) is 0 Å². The van der Waals surface area contributed by atoms with Crippen molar-refractivity contribution in [3.63, 3.8) is 0 Å². The molecule has 0 spiro atoms. The minimum absolute atomic E-state index is 0.140. The first-order valence-electron chi connectivity index (χ1n) is 6.70. The van der Waals surface area contributed by atoms with E-state index in [2.05, 4.69) is 5.32 Å². The maximum absolute atomic E-state index is 11.7. The summed E-state index contributed by atoms with van der Waals surface area (Å²) in [6.45, 7) is 7.54. The zero-order valence-electron chi connectivity index (χ0n) is 12.1. The van der Waals surface area contributed by atoms with E-state index in [9.17, 15) is 15.0 Å². The molecule has 3 N–H and O–H groups in total. The van der Waals surface area contributed by atoms with Gasteiger partial charge in [0.1, 0.15) is 6.10 Å². The standard InChI is InChI=1S/C14H25NO4/c1-9-5-6-10(8-12(17)11(16)7-9)19-13(18)15-14(2,3)4/h5-6,9-12,16-17H,7-8H2,1-4H3,(H,15,18)/b6-5+. The van der Waals surface area contributed by atoms with Crippen LogP contribution in [0.5, 0.6) is 0 Å². The lowest BCUT2D eigenvalue weighted by molar-refractivity contribution is -0.0183. The van der Waals surface area contributed by atoms with Crippen molar-refractivity contribution in [1.29, 1.82) is 0 Å². The first-order chi connectivity index (χ1) is 8.67. The predicted octanol–water partition coefficient (Wildman–Crippen LogP) is 1.59. The van der Waals surface area contributed by atoms with Gasteiger partial charge in [-0.25, -0.2) is 4.79 Å². The van der Waals surface area contributed by atoms with Crippen molar-refractivity contribution < 1.29 is 19.7 Å². The molecule has 4 atom stereocenters. The molecule has 0 bridgehead atoms. The molecule has 4 unspecified atom stereocenters. The number of nitrogens with one attached hydrogen (secondary N) is 1. The zero-order valence-corrected chi connectivity index (χ0v) is 12.1. The van der Waals surface area contributed by atoms with Gasteiger partial charge in [-0.15, -0.1) is 0 Å². The molecule has 0 aromatic rings. The Balaban J connectivity index is 2.63. The average molecular weight is 271 g/mol. The Hall–Kier alpha value is -1.07. The third kappa shape index (κ3) is 6.07. The number of aliphatic hydroxyl groups excluding tert-OH is 2. The highest BCUT2D eigenvalue weighted by Gasteiger charge is 2.26. The highest BCUT2D eigenvalue weighted by Crippen LogP contribution is 2.19. The second-order valence-corrected chi connectivity index (χ2v) is 6.29. The smallest absolute Gasteiger partial charge is 0.408 e. The number of aliphatic hydroxyl groups is 2. The Bertz CT molecular complexity index is 335. The van der Waals surface area contributed by atoms with Gasteiger partial charge in [0.15, 0.2) is 0 Å². The van der Waals surface area contributed by atoms with E-state index in [1.165, 1.54) is 0 Å². The Morgan fingerprint density at radius 1 is 1.21 bits per heavy atom. The van der Waals surface area contributed by atoms with E-state index in [1.807, 2.05) is 33.8 Å². The molecule has 1 aliphatic carbocycles. The molecule has 0 aliphatic heterocycles. The van der Waals surface area contributed by atoms with E-state index >= 15 is 0 Å². The van der Waals surface area contributed by atoms with Gasteiger partial charge < -0.3 is 20.3 Å². The van der Waals surface area contributed by atoms with Gasteiger partial charge in [-0.2, -0.15) is 0 Å². The maximum Gasteiger partial charge on any atom is 0.408 e. The van der Waals surface area contributed by atoms with E-state index in [0.717, 1.165) is 0 Å². The van der Waals surface area contributed by atoms with Crippen LogP contribution in [0.3, 0.4) is 0 Å². The van der Waals surface area contributed by atoms with Crippen molar-refractivity contribution in [3.05, 3.63) is 12.2 Å². The number of carbonyl (C=O) groups is 1. The minimum Gasteiger partial charge on any atom is -0.442 e. The highest BCUT2D eigenvalue weighted by molar-refractivity contribution is 5.68. The molecule has 1 rings (SSSR count). The summed E-state index contributed by atoms with van der Waals surface area (Å²) >= 11 is 0. The van der Waals surface area contributed by atoms with Crippen molar-refractivity contribution >= 4 is 6.09 Å². The zero-order chi connectivity index (χ0) is 14.6. The first-order valence-corrected chi connectivity index (χ1v) is 6.70. The quantitative estimate of drug-likeness (QED) is 0.633. The van der Waals surface area contributed by atoms with Crippen molar-refractivity contribution in [1.82, 2.24) is 5.32 Å². The number of rotatable bonds is 1. The van der Waals surface area contributed by atoms with Crippen LogP contribution in [-0.4, -0.2) is 40.2 Å². The fourth-order valence-electron chi connectivity index (χ4n) is 1.96. The number of hydrogen-bond donors (Lipinski definition) is 3. The number of amides is 1. The first kappa shape index (κ1) is 16.0. The molecule has 0 saturated heterocycles. The Labute approximate surface area is 114 Å². The normalized spacial score (nSPS) is 34.0. The summed E-state index contributed by atoms with van der Waals surface area (Å²) in [5.41, 5.74) is -0.367. The summed E-state index contributed by atoms with van der Waals surface area (Å²) < 4.78 is 5.26. The minimum atomic E-state index is -0.875. The van der Waals surface area contributed by atoms with Crippen LogP contribution in [-0.2, 0) is 4.74 Å². The van der Waals surface area contributed by atoms with Crippen LogP contribution < -0.4 is 5.32 Å². The predicted molar refractivity (Wildman–Crippen MR) is 72.7 cm³/mol. The van der Waals surface area contributed by atoms with Gasteiger partial charge in [-0.05, 0) is 39.2 Å². The molecule has 1 aliphatic rings. The molecule has 110 valence electrons. The third-order valence-electron chi connectivity index (χ3n) is 2.92. The molecule has 1 amide bonds. The van der Waals surface area contributed by atoms with Gasteiger partial charge in [0, 0.05) is 12.0 Å². The van der Waals surface area contributed by atoms with Gasteiger partial charge in [-0.1, -0.05) is 13.0 Å². The van der Waals surface area contributed by atoms with Crippen LogP contribution in [0, 0.1) is 5.92 Å². The van der Waals surface area contributed by atoms with Crippen LogP contribution in [0.4, 0.5) is 4.79 Å². The highest BCUT2D eigenvalue weighted by atomic mass is 16.6. The summed E-state index contributed by atoms with van der Waals surface area (Å²) in [5.74, 6) is 0.140. The van der Waals surface area contributed by atoms with E-state index in [1.54, 1.807) is 6.08 Å². The summed E-state index contributed by atoms with van der Waals surface area (Å²) in [4.78, 5) is 11.7. The van der Waals surface area contributed by atoms with Crippen LogP contribution >= 0.6 is 0 Å². The van der Waals surface area contributed by atoms with Crippen molar-refractivity contribution in [3.8, 4) is 0 Å². The molecular weight excluding hydrogens is 246 g/mol. The maximum atomic E-state index is 11.7. The van der Waals surface area contributed by atoms with E-state index < -0.39 is 24.4 Å². The largest absolute Gasteiger partial charge is 0.442 e. The van der Waals surface area contributed by atoms with Crippen LogP contribution in [0.1, 0.15) is 40.5 Å². The summed E-state index contributed by atoms with van der Waals surface area (Å²) in [6.07, 6.45) is 1.72. The molecule has 0 saturated carbocycles. The number of alkyl carbamates (subject to hydrolysis) is 1. The Kier molecular flexibility index (Phi) is 5.38. The van der Waals surface area contributed by atoms with Gasteiger partial charge in [0.05, 0.1) is 12.2 Å². The lowest BCUT2D eigenvalue weighted by Gasteiger charge is -2.27. The Morgan fingerprint density at radius 3 is 2.37 bits per heavy atom. The number of carbonyl (C=O) groups excluding carboxylic acids is 1. The SMILES string of the molecule is CC1/C=C/C(OC(=O)NC(C)(C)C)CC(O)C(O)C1. The van der Waals surface area contributed by atoms with Crippen molar-refractivity contribution in [2.75, 3.05) is 0 Å². The summed E-state index contributed by atoms with van der Waals surface area (Å²) in [5, 5.41) is 22.3. The van der Waals surface area contributed by atoms with Gasteiger partial charge in [-0.3, -0.25) is 0 Å². The molecule has 5 nitrogen and oxygen atoms in total. The fourth-order valence-corrected chi connectivity index (χ4v) is 1.96. The monoisotopic (exact) mass is 271 g/mol. The van der Waals surface area contributed by atoms with Gasteiger partial charge in [0.2, 0.25) is 0 Å². The number of ether oxygens (including phenoxy) is 1. The van der Waals surface area contributed by atoms with Gasteiger partial charge in [0.25, 0.3) is 0 Å². The van der Waals surface area contributed by atoms with Crippen molar-refractivity contribution in [2.24, 2.45) is 5.92 Å². The molecular formula is C14H25NO4. The molecule has 0 heterocycles. The molecule has 0 fully saturated rings. The lowest BCUT2D eigenvalue weighted by Crippen LogP contribution is -2.43.